The zero-order valence-corrected chi connectivity index (χ0v) is 15.6. The number of hydrogen-bond acceptors (Lipinski definition) is 4. The summed E-state index contributed by atoms with van der Waals surface area (Å²) >= 11 is 0. The second-order valence-electron chi connectivity index (χ2n) is 6.89. The first-order valence-corrected chi connectivity index (χ1v) is 9.28. The Morgan fingerprint density at radius 1 is 1.21 bits per heavy atom. The van der Waals surface area contributed by atoms with Gasteiger partial charge in [-0.2, -0.15) is 5.10 Å². The van der Waals surface area contributed by atoms with Crippen LogP contribution in [0.15, 0.2) is 60.1 Å². The number of carbonyl (C=O) groups excluding carboxylic acids is 1. The fourth-order valence-electron chi connectivity index (χ4n) is 3.46. The molecule has 3 heterocycles. The monoisotopic (exact) mass is 395 g/mol. The minimum absolute atomic E-state index is 0.342. The van der Waals surface area contributed by atoms with Crippen molar-refractivity contribution in [1.29, 1.82) is 0 Å². The van der Waals surface area contributed by atoms with Gasteiger partial charge in [0.1, 0.15) is 11.6 Å². The summed E-state index contributed by atoms with van der Waals surface area (Å²) in [6, 6.07) is 6.52. The Hall–Kier alpha value is -3.42. The van der Waals surface area contributed by atoms with E-state index in [-0.39, 0.29) is 5.91 Å². The highest BCUT2D eigenvalue weighted by Crippen LogP contribution is 2.30. The van der Waals surface area contributed by atoms with Crippen molar-refractivity contribution >= 4 is 23.3 Å². The Balaban J connectivity index is 1.39. The van der Waals surface area contributed by atoms with E-state index >= 15 is 0 Å². The summed E-state index contributed by atoms with van der Waals surface area (Å²) in [6.45, 7) is 4.56. The van der Waals surface area contributed by atoms with Crippen molar-refractivity contribution in [2.45, 2.75) is 31.8 Å². The van der Waals surface area contributed by atoms with E-state index in [1.54, 1.807) is 18.7 Å². The minimum Gasteiger partial charge on any atom is -0.329 e. The van der Waals surface area contributed by atoms with Crippen LogP contribution in [-0.4, -0.2) is 31.7 Å². The maximum absolute atomic E-state index is 13.6. The minimum atomic E-state index is -0.680. The van der Waals surface area contributed by atoms with Crippen LogP contribution in [0.2, 0.25) is 0 Å². The van der Waals surface area contributed by atoms with Crippen molar-refractivity contribution in [3.05, 3.63) is 72.2 Å². The molecule has 1 atom stereocenters. The van der Waals surface area contributed by atoms with Gasteiger partial charge < -0.3 is 4.57 Å². The summed E-state index contributed by atoms with van der Waals surface area (Å²) in [6.07, 6.45) is 6.54. The Kier molecular flexibility index (Phi) is 5.16. The van der Waals surface area contributed by atoms with Crippen molar-refractivity contribution in [2.24, 2.45) is 5.10 Å². The van der Waals surface area contributed by atoms with Gasteiger partial charge in [0.2, 0.25) is 0 Å². The first-order chi connectivity index (χ1) is 14.0. The molecule has 0 fully saturated rings. The molecule has 29 heavy (non-hydrogen) atoms. The SMILES string of the molecule is C=C(CCCn1cnc2ncccc21)C(=O)N1N=CCC1c1cc(F)cc(F)c1. The van der Waals surface area contributed by atoms with Gasteiger partial charge in [-0.1, -0.05) is 6.58 Å². The lowest BCUT2D eigenvalue weighted by Crippen LogP contribution is -2.28. The number of hydrogen-bond donors (Lipinski definition) is 0. The molecule has 8 heteroatoms. The van der Waals surface area contributed by atoms with Gasteiger partial charge >= 0.3 is 0 Å². The Labute approximate surface area is 166 Å². The van der Waals surface area contributed by atoms with E-state index in [2.05, 4.69) is 21.6 Å². The number of amides is 1. The van der Waals surface area contributed by atoms with Crippen LogP contribution in [-0.2, 0) is 11.3 Å². The van der Waals surface area contributed by atoms with E-state index in [0.717, 1.165) is 11.6 Å². The molecule has 0 saturated carbocycles. The molecule has 0 aliphatic carbocycles. The number of halogens is 2. The van der Waals surface area contributed by atoms with E-state index in [0.29, 0.717) is 42.6 Å². The quantitative estimate of drug-likeness (QED) is 0.593. The molecule has 1 amide bonds. The number of aromatic nitrogens is 3. The van der Waals surface area contributed by atoms with Crippen molar-refractivity contribution in [2.75, 3.05) is 0 Å². The second-order valence-corrected chi connectivity index (χ2v) is 6.89. The molecule has 1 aromatic carbocycles. The van der Waals surface area contributed by atoms with Crippen LogP contribution in [0.4, 0.5) is 8.78 Å². The molecule has 0 N–H and O–H groups in total. The third-order valence-corrected chi connectivity index (χ3v) is 4.88. The molecule has 1 aliphatic rings. The molecular weight excluding hydrogens is 376 g/mol. The Morgan fingerprint density at radius 3 is 2.79 bits per heavy atom. The largest absolute Gasteiger partial charge is 0.329 e. The molecule has 0 radical (unpaired) electrons. The average molecular weight is 395 g/mol. The van der Waals surface area contributed by atoms with E-state index in [4.69, 9.17) is 0 Å². The van der Waals surface area contributed by atoms with Gasteiger partial charge in [-0.15, -0.1) is 0 Å². The highest BCUT2D eigenvalue weighted by Gasteiger charge is 2.30. The zero-order chi connectivity index (χ0) is 20.4. The number of carbonyl (C=O) groups is 1. The first-order valence-electron chi connectivity index (χ1n) is 9.28. The number of imidazole rings is 1. The van der Waals surface area contributed by atoms with Gasteiger partial charge in [0.05, 0.1) is 17.9 Å². The normalized spacial score (nSPS) is 15.9. The fraction of sp³-hybridized carbons (Fsp3) is 0.238. The number of benzene rings is 1. The number of hydrazone groups is 1. The Morgan fingerprint density at radius 2 is 2.00 bits per heavy atom. The molecule has 4 rings (SSSR count). The van der Waals surface area contributed by atoms with Gasteiger partial charge in [0.25, 0.3) is 5.91 Å². The molecule has 0 saturated heterocycles. The van der Waals surface area contributed by atoms with Crippen LogP contribution >= 0.6 is 0 Å². The number of fused-ring (bicyclic) bond motifs is 1. The first kappa shape index (κ1) is 18.9. The van der Waals surface area contributed by atoms with Crippen LogP contribution in [0.3, 0.4) is 0 Å². The summed E-state index contributed by atoms with van der Waals surface area (Å²) in [7, 11) is 0. The van der Waals surface area contributed by atoms with E-state index in [9.17, 15) is 13.6 Å². The zero-order valence-electron chi connectivity index (χ0n) is 15.6. The lowest BCUT2D eigenvalue weighted by Gasteiger charge is -2.23. The van der Waals surface area contributed by atoms with Crippen molar-refractivity contribution in [3.63, 3.8) is 0 Å². The lowest BCUT2D eigenvalue weighted by molar-refractivity contribution is -0.129. The highest BCUT2D eigenvalue weighted by atomic mass is 19.1. The number of rotatable bonds is 6. The standard InChI is InChI=1S/C21H19F2N5O/c1-14(4-3-9-27-13-25-20-19(27)5-2-7-24-20)21(29)28-18(6-8-26-28)15-10-16(22)12-17(23)11-15/h2,5,7-8,10-13,18H,1,3-4,6,9H2. The molecular formula is C21H19F2N5O. The summed E-state index contributed by atoms with van der Waals surface area (Å²) in [5.41, 5.74) is 2.38. The maximum atomic E-state index is 13.6. The van der Waals surface area contributed by atoms with E-state index in [1.807, 2.05) is 16.7 Å². The summed E-state index contributed by atoms with van der Waals surface area (Å²) < 4.78 is 29.1. The number of pyridine rings is 1. The fourth-order valence-corrected chi connectivity index (χ4v) is 3.46. The predicted octanol–water partition coefficient (Wildman–Crippen LogP) is 4.01. The molecule has 1 aliphatic heterocycles. The summed E-state index contributed by atoms with van der Waals surface area (Å²) in [4.78, 5) is 21.2. The second kappa shape index (κ2) is 7.90. The van der Waals surface area contributed by atoms with E-state index < -0.39 is 17.7 Å². The molecule has 1 unspecified atom stereocenters. The van der Waals surface area contributed by atoms with Crippen molar-refractivity contribution in [3.8, 4) is 0 Å². The van der Waals surface area contributed by atoms with Gasteiger partial charge in [-0.05, 0) is 42.7 Å². The summed E-state index contributed by atoms with van der Waals surface area (Å²) in [5, 5.41) is 5.36. The molecule has 3 aromatic rings. The lowest BCUT2D eigenvalue weighted by atomic mass is 10.0. The third-order valence-electron chi connectivity index (χ3n) is 4.88. The molecule has 0 spiro atoms. The predicted molar refractivity (Wildman–Crippen MR) is 105 cm³/mol. The van der Waals surface area contributed by atoms with Gasteiger partial charge in [0.15, 0.2) is 5.65 Å². The molecule has 148 valence electrons. The molecule has 2 aromatic heterocycles. The van der Waals surface area contributed by atoms with E-state index in [1.165, 1.54) is 17.1 Å². The van der Waals surface area contributed by atoms with Crippen LogP contribution in [0.5, 0.6) is 0 Å². The van der Waals surface area contributed by atoms with Gasteiger partial charge in [0, 0.05) is 37.0 Å². The van der Waals surface area contributed by atoms with Crippen molar-refractivity contribution in [1.82, 2.24) is 19.5 Å². The van der Waals surface area contributed by atoms with Gasteiger partial charge in [-0.3, -0.25) is 4.79 Å². The smallest absolute Gasteiger partial charge is 0.269 e. The number of nitrogens with zero attached hydrogens (tertiary/aromatic N) is 5. The van der Waals surface area contributed by atoms with Crippen LogP contribution in [0.1, 0.15) is 30.9 Å². The Bertz CT molecular complexity index is 1090. The number of aryl methyl sites for hydroxylation is 1. The maximum Gasteiger partial charge on any atom is 0.269 e. The topological polar surface area (TPSA) is 63.4 Å². The highest BCUT2D eigenvalue weighted by molar-refractivity contribution is 5.94. The van der Waals surface area contributed by atoms with Crippen LogP contribution < -0.4 is 0 Å². The van der Waals surface area contributed by atoms with Gasteiger partial charge in [-0.25, -0.2) is 23.8 Å². The average Bonchev–Trinajstić information content (AvgIpc) is 3.34. The summed E-state index contributed by atoms with van der Waals surface area (Å²) in [5.74, 6) is -1.70. The molecule has 0 bridgehead atoms. The van der Waals surface area contributed by atoms with Crippen LogP contribution in [0.25, 0.3) is 11.2 Å². The van der Waals surface area contributed by atoms with Crippen molar-refractivity contribution < 1.29 is 13.6 Å². The van der Waals surface area contributed by atoms with Crippen LogP contribution in [0, 0.1) is 11.6 Å². The molecule has 6 nitrogen and oxygen atoms in total. The third kappa shape index (κ3) is 3.91.